The average molecular weight is 524 g/mol. The number of halogens is 1. The summed E-state index contributed by atoms with van der Waals surface area (Å²) in [6.45, 7) is 4.52. The lowest BCUT2D eigenvalue weighted by Crippen LogP contribution is -2.48. The molecule has 0 unspecified atom stereocenters. The molecule has 0 bridgehead atoms. The summed E-state index contributed by atoms with van der Waals surface area (Å²) >= 11 is 0. The summed E-state index contributed by atoms with van der Waals surface area (Å²) < 4.78 is 25.2. The Hall–Kier alpha value is -3.53. The molecule has 2 aliphatic rings. The highest BCUT2D eigenvalue weighted by Crippen LogP contribution is 2.37. The SMILES string of the molecule is COCC(=O)N[C@H]1CC[C@H](NC(=O)c2c(C)[nH]c3c(-c4cc(F)ccc4OCC4CC4)ncnc23)[C@H](C)C1. The highest BCUT2D eigenvalue weighted by atomic mass is 19.1. The second kappa shape index (κ2) is 11.1. The number of rotatable bonds is 9. The van der Waals surface area contributed by atoms with Gasteiger partial charge in [0.15, 0.2) is 0 Å². The van der Waals surface area contributed by atoms with Gasteiger partial charge in [0.1, 0.15) is 35.7 Å². The van der Waals surface area contributed by atoms with Gasteiger partial charge in [0.05, 0.1) is 17.7 Å². The smallest absolute Gasteiger partial charge is 0.255 e. The molecule has 3 N–H and O–H groups in total. The Morgan fingerprint density at radius 1 is 1.16 bits per heavy atom. The molecule has 0 aliphatic heterocycles. The number of carbonyl (C=O) groups excluding carboxylic acids is 2. The normalized spacial score (nSPS) is 21.3. The summed E-state index contributed by atoms with van der Waals surface area (Å²) in [6, 6.07) is 4.44. The van der Waals surface area contributed by atoms with Crippen molar-refractivity contribution in [1.82, 2.24) is 25.6 Å². The molecular weight excluding hydrogens is 489 g/mol. The number of carbonyl (C=O) groups is 2. The maximum absolute atomic E-state index is 14.3. The van der Waals surface area contributed by atoms with Gasteiger partial charge in [-0.25, -0.2) is 14.4 Å². The van der Waals surface area contributed by atoms with Gasteiger partial charge in [-0.3, -0.25) is 9.59 Å². The molecule has 2 heterocycles. The minimum Gasteiger partial charge on any atom is -0.493 e. The molecule has 2 aromatic heterocycles. The largest absolute Gasteiger partial charge is 0.493 e. The first-order valence-corrected chi connectivity index (χ1v) is 13.2. The fraction of sp³-hybridized carbons (Fsp3) is 0.500. The standard InChI is InChI=1S/C28H34FN5O4/c1-15-10-19(33-23(35)13-37-3)7-8-21(15)34-28(36)24-16(2)32-27-25(30-14-31-26(24)27)20-11-18(29)6-9-22(20)38-12-17-4-5-17/h6,9,11,14-15,17,19,21,32H,4-5,7-8,10,12-13H2,1-3H3,(H,33,35)(H,34,36)/t15-,19+,21+/m1/s1. The van der Waals surface area contributed by atoms with Gasteiger partial charge in [0.2, 0.25) is 5.91 Å². The van der Waals surface area contributed by atoms with Crippen molar-refractivity contribution in [2.45, 2.75) is 58.0 Å². The minimum absolute atomic E-state index is 0.0330. The van der Waals surface area contributed by atoms with Crippen LogP contribution in [0.15, 0.2) is 24.5 Å². The number of aromatic amines is 1. The molecule has 3 atom stereocenters. The molecular formula is C28H34FN5O4. The summed E-state index contributed by atoms with van der Waals surface area (Å²) in [5.74, 6) is 0.530. The zero-order valence-corrected chi connectivity index (χ0v) is 22.0. The molecule has 0 spiro atoms. The van der Waals surface area contributed by atoms with Crippen molar-refractivity contribution >= 4 is 22.8 Å². The number of fused-ring (bicyclic) bond motifs is 1. The van der Waals surface area contributed by atoms with Crippen LogP contribution in [0.3, 0.4) is 0 Å². The summed E-state index contributed by atoms with van der Waals surface area (Å²) in [4.78, 5) is 37.5. The van der Waals surface area contributed by atoms with Gasteiger partial charge in [-0.2, -0.15) is 0 Å². The van der Waals surface area contributed by atoms with Crippen molar-refractivity contribution in [3.8, 4) is 17.0 Å². The third-order valence-corrected chi connectivity index (χ3v) is 7.49. The molecule has 10 heteroatoms. The van der Waals surface area contributed by atoms with Gasteiger partial charge in [-0.15, -0.1) is 0 Å². The first kappa shape index (κ1) is 26.1. The van der Waals surface area contributed by atoms with E-state index in [-0.39, 0.29) is 36.4 Å². The minimum atomic E-state index is -0.394. The Kier molecular flexibility index (Phi) is 7.60. The van der Waals surface area contributed by atoms with Crippen LogP contribution in [-0.4, -0.2) is 59.2 Å². The number of nitrogens with zero attached hydrogens (tertiary/aromatic N) is 2. The van der Waals surface area contributed by atoms with Crippen LogP contribution in [0.25, 0.3) is 22.3 Å². The topological polar surface area (TPSA) is 118 Å². The fourth-order valence-corrected chi connectivity index (χ4v) is 5.29. The van der Waals surface area contributed by atoms with Crippen molar-refractivity contribution in [2.24, 2.45) is 11.8 Å². The third-order valence-electron chi connectivity index (χ3n) is 7.49. The predicted molar refractivity (Wildman–Crippen MR) is 140 cm³/mol. The number of aromatic nitrogens is 3. The Morgan fingerprint density at radius 2 is 1.97 bits per heavy atom. The Labute approximate surface area is 220 Å². The van der Waals surface area contributed by atoms with Crippen LogP contribution in [0.2, 0.25) is 0 Å². The highest BCUT2D eigenvalue weighted by Gasteiger charge is 2.31. The van der Waals surface area contributed by atoms with Gasteiger partial charge in [-0.1, -0.05) is 6.92 Å². The summed E-state index contributed by atoms with van der Waals surface area (Å²) in [7, 11) is 1.50. The maximum Gasteiger partial charge on any atom is 0.255 e. The van der Waals surface area contributed by atoms with Gasteiger partial charge in [-0.05, 0) is 69.1 Å². The number of aryl methyl sites for hydroxylation is 1. The average Bonchev–Trinajstić information content (AvgIpc) is 3.64. The van der Waals surface area contributed by atoms with Crippen molar-refractivity contribution in [2.75, 3.05) is 20.3 Å². The second-order valence-electron chi connectivity index (χ2n) is 10.5. The number of methoxy groups -OCH3 is 1. The van der Waals surface area contributed by atoms with Crippen molar-refractivity contribution in [3.63, 3.8) is 0 Å². The first-order chi connectivity index (χ1) is 18.3. The molecule has 2 aliphatic carbocycles. The van der Waals surface area contributed by atoms with Crippen LogP contribution in [0, 0.1) is 24.6 Å². The van der Waals surface area contributed by atoms with E-state index in [4.69, 9.17) is 9.47 Å². The third kappa shape index (κ3) is 5.65. The monoisotopic (exact) mass is 523 g/mol. The van der Waals surface area contributed by atoms with Crippen LogP contribution < -0.4 is 15.4 Å². The molecule has 0 saturated heterocycles. The Balaban J connectivity index is 1.36. The number of hydrogen-bond acceptors (Lipinski definition) is 6. The zero-order chi connectivity index (χ0) is 26.8. The van der Waals surface area contributed by atoms with Gasteiger partial charge < -0.3 is 25.1 Å². The van der Waals surface area contributed by atoms with E-state index < -0.39 is 5.82 Å². The fourth-order valence-electron chi connectivity index (χ4n) is 5.29. The van der Waals surface area contributed by atoms with Crippen LogP contribution in [-0.2, 0) is 9.53 Å². The first-order valence-electron chi connectivity index (χ1n) is 13.2. The number of ether oxygens (including phenoxy) is 2. The Morgan fingerprint density at radius 3 is 2.71 bits per heavy atom. The number of hydrogen-bond donors (Lipinski definition) is 3. The summed E-state index contributed by atoms with van der Waals surface area (Å²) in [6.07, 6.45) is 5.97. The molecule has 2 fully saturated rings. The molecule has 2 saturated carbocycles. The van der Waals surface area contributed by atoms with E-state index in [0.717, 1.165) is 32.1 Å². The predicted octanol–water partition coefficient (Wildman–Crippen LogP) is 3.91. The summed E-state index contributed by atoms with van der Waals surface area (Å²) in [5.41, 5.74) is 3.16. The van der Waals surface area contributed by atoms with Crippen LogP contribution in [0.1, 0.15) is 55.1 Å². The zero-order valence-electron chi connectivity index (χ0n) is 22.0. The second-order valence-corrected chi connectivity index (χ2v) is 10.5. The van der Waals surface area contributed by atoms with E-state index in [1.807, 2.05) is 6.92 Å². The Bertz CT molecular complexity index is 1340. The molecule has 5 rings (SSSR count). The molecule has 1 aromatic carbocycles. The number of nitrogens with one attached hydrogen (secondary N) is 3. The van der Waals surface area contributed by atoms with Crippen LogP contribution in [0.5, 0.6) is 5.75 Å². The molecule has 2 amide bonds. The van der Waals surface area contributed by atoms with E-state index in [1.165, 1.54) is 25.6 Å². The van der Waals surface area contributed by atoms with Crippen LogP contribution in [0.4, 0.5) is 4.39 Å². The quantitative estimate of drug-likeness (QED) is 0.391. The maximum atomic E-state index is 14.3. The van der Waals surface area contributed by atoms with Crippen molar-refractivity contribution < 1.29 is 23.5 Å². The molecule has 202 valence electrons. The van der Waals surface area contributed by atoms with E-state index in [0.29, 0.717) is 51.8 Å². The van der Waals surface area contributed by atoms with E-state index in [9.17, 15) is 14.0 Å². The number of H-pyrrole nitrogens is 1. The molecule has 3 aromatic rings. The van der Waals surface area contributed by atoms with E-state index >= 15 is 0 Å². The van der Waals surface area contributed by atoms with Gasteiger partial charge in [0, 0.05) is 30.5 Å². The van der Waals surface area contributed by atoms with Crippen molar-refractivity contribution in [3.05, 3.63) is 41.6 Å². The molecule has 0 radical (unpaired) electrons. The lowest BCUT2D eigenvalue weighted by Gasteiger charge is -2.35. The lowest BCUT2D eigenvalue weighted by molar-refractivity contribution is -0.125. The molecule has 38 heavy (non-hydrogen) atoms. The lowest BCUT2D eigenvalue weighted by atomic mass is 9.82. The summed E-state index contributed by atoms with van der Waals surface area (Å²) in [5, 5.41) is 6.18. The molecule has 9 nitrogen and oxygen atoms in total. The van der Waals surface area contributed by atoms with Gasteiger partial charge in [0.25, 0.3) is 5.91 Å². The van der Waals surface area contributed by atoms with Crippen LogP contribution >= 0.6 is 0 Å². The van der Waals surface area contributed by atoms with E-state index in [2.05, 4.69) is 32.5 Å². The highest BCUT2D eigenvalue weighted by molar-refractivity contribution is 6.09. The van der Waals surface area contributed by atoms with Gasteiger partial charge >= 0.3 is 0 Å². The van der Waals surface area contributed by atoms with Crippen molar-refractivity contribution in [1.29, 1.82) is 0 Å². The van der Waals surface area contributed by atoms with E-state index in [1.54, 1.807) is 6.07 Å². The number of benzene rings is 1. The number of amides is 2.